The van der Waals surface area contributed by atoms with E-state index < -0.39 is 29.6 Å². The molecule has 0 bridgehead atoms. The van der Waals surface area contributed by atoms with Gasteiger partial charge in [-0.2, -0.15) is 13.2 Å². The number of allylic oxidation sites excluding steroid dienone is 2. The van der Waals surface area contributed by atoms with E-state index in [-0.39, 0.29) is 29.2 Å². The molecule has 0 radical (unpaired) electrons. The number of ether oxygens (including phenoxy) is 1. The van der Waals surface area contributed by atoms with Crippen LogP contribution in [0.5, 0.6) is 5.75 Å². The number of alkyl halides is 3. The van der Waals surface area contributed by atoms with Crippen LogP contribution in [0.25, 0.3) is 0 Å². The van der Waals surface area contributed by atoms with Crippen molar-refractivity contribution in [1.29, 1.82) is 0 Å². The lowest BCUT2D eigenvalue weighted by Crippen LogP contribution is -2.32. The number of benzene rings is 1. The summed E-state index contributed by atoms with van der Waals surface area (Å²) in [7, 11) is 0. The van der Waals surface area contributed by atoms with Crippen LogP contribution in [0.1, 0.15) is 20.7 Å². The number of aliphatic carboxylic acids is 1. The second kappa shape index (κ2) is 9.50. The van der Waals surface area contributed by atoms with Crippen LogP contribution >= 0.6 is 0 Å². The fourth-order valence-corrected chi connectivity index (χ4v) is 1.89. The zero-order chi connectivity index (χ0) is 21.5. The van der Waals surface area contributed by atoms with Gasteiger partial charge in [0.25, 0.3) is 5.91 Å². The quantitative estimate of drug-likeness (QED) is 0.549. The molecular weight excluding hydrogens is 389 g/mol. The fourth-order valence-electron chi connectivity index (χ4n) is 1.89. The summed E-state index contributed by atoms with van der Waals surface area (Å²) in [4.78, 5) is 44.3. The van der Waals surface area contributed by atoms with Crippen molar-refractivity contribution < 1.29 is 47.3 Å². The molecule has 1 aromatic carbocycles. The third-order valence-electron chi connectivity index (χ3n) is 3.09. The summed E-state index contributed by atoms with van der Waals surface area (Å²) in [6.45, 7) is 0.197. The second-order valence-corrected chi connectivity index (χ2v) is 5.13. The number of carbonyl (C=O) groups is 4. The molecular formula is C16H15F3N2O7. The fraction of sp³-hybridized carbons (Fsp3) is 0.250. The second-order valence-electron chi connectivity index (χ2n) is 5.13. The largest absolute Gasteiger partial charge is 0.507 e. The number of phenols is 1. The SMILES string of the molecule is NCCNC(=O)COC1=CC(=O)c2c(O)cccc2C1=O.O=C(O)C(F)(F)F. The van der Waals surface area contributed by atoms with E-state index in [0.29, 0.717) is 13.1 Å². The molecule has 1 amide bonds. The minimum absolute atomic E-state index is 0.0533. The van der Waals surface area contributed by atoms with Crippen LogP contribution in [-0.4, -0.2) is 59.5 Å². The number of carbonyl (C=O) groups excluding carboxylic acids is 3. The average molecular weight is 404 g/mol. The Bertz CT molecular complexity index is 819. The predicted molar refractivity (Wildman–Crippen MR) is 86.6 cm³/mol. The first-order chi connectivity index (χ1) is 13.0. The number of nitrogens with two attached hydrogens (primary N) is 1. The van der Waals surface area contributed by atoms with Crippen molar-refractivity contribution in [3.05, 3.63) is 41.2 Å². The predicted octanol–water partition coefficient (Wildman–Crippen LogP) is 0.380. The van der Waals surface area contributed by atoms with Gasteiger partial charge < -0.3 is 26.0 Å². The van der Waals surface area contributed by atoms with Gasteiger partial charge in [-0.1, -0.05) is 6.07 Å². The number of phenolic OH excluding ortho intramolecular Hbond substituents is 1. The lowest BCUT2D eigenvalue weighted by Gasteiger charge is -2.16. The van der Waals surface area contributed by atoms with Crippen molar-refractivity contribution in [3.63, 3.8) is 0 Å². The summed E-state index contributed by atoms with van der Waals surface area (Å²) in [5.74, 6) is -4.77. The Hall–Kier alpha value is -3.41. The maximum atomic E-state index is 12.1. The molecule has 152 valence electrons. The van der Waals surface area contributed by atoms with Gasteiger partial charge in [-0.05, 0) is 12.1 Å². The number of rotatable bonds is 5. The summed E-state index contributed by atoms with van der Waals surface area (Å²) in [5, 5.41) is 19.2. The molecule has 2 rings (SSSR count). The van der Waals surface area contributed by atoms with E-state index in [1.165, 1.54) is 18.2 Å². The van der Waals surface area contributed by atoms with Gasteiger partial charge in [-0.25, -0.2) is 4.79 Å². The van der Waals surface area contributed by atoms with Crippen LogP contribution in [0.2, 0.25) is 0 Å². The first-order valence-corrected chi connectivity index (χ1v) is 7.51. The molecule has 0 unspecified atom stereocenters. The molecule has 1 aromatic rings. The van der Waals surface area contributed by atoms with Crippen molar-refractivity contribution in [2.75, 3.05) is 19.7 Å². The number of carboxylic acids is 1. The molecule has 1 aliphatic rings. The highest BCUT2D eigenvalue weighted by atomic mass is 19.4. The average Bonchev–Trinajstić information content (AvgIpc) is 2.61. The number of fused-ring (bicyclic) bond motifs is 1. The highest BCUT2D eigenvalue weighted by Crippen LogP contribution is 2.28. The van der Waals surface area contributed by atoms with Crippen molar-refractivity contribution in [3.8, 4) is 5.75 Å². The molecule has 0 heterocycles. The number of amides is 1. The van der Waals surface area contributed by atoms with Gasteiger partial charge in [0, 0.05) is 24.7 Å². The van der Waals surface area contributed by atoms with Gasteiger partial charge in [0.1, 0.15) is 5.75 Å². The Morgan fingerprint density at radius 3 is 2.36 bits per heavy atom. The number of Topliss-reactive ketones (excluding diaryl/α,β-unsaturated/α-hetero) is 1. The van der Waals surface area contributed by atoms with E-state index in [9.17, 15) is 32.7 Å². The van der Waals surface area contributed by atoms with Crippen molar-refractivity contribution in [2.24, 2.45) is 5.73 Å². The van der Waals surface area contributed by atoms with E-state index in [4.69, 9.17) is 20.4 Å². The molecule has 9 nitrogen and oxygen atoms in total. The monoisotopic (exact) mass is 404 g/mol. The number of ketones is 2. The van der Waals surface area contributed by atoms with Crippen molar-refractivity contribution in [1.82, 2.24) is 5.32 Å². The first kappa shape index (κ1) is 22.6. The number of nitrogens with one attached hydrogen (secondary N) is 1. The number of hydrogen-bond donors (Lipinski definition) is 4. The van der Waals surface area contributed by atoms with E-state index >= 15 is 0 Å². The van der Waals surface area contributed by atoms with Gasteiger partial charge in [0.15, 0.2) is 18.1 Å². The summed E-state index contributed by atoms with van der Waals surface area (Å²) in [6, 6.07) is 4.19. The minimum atomic E-state index is -5.08. The number of carboxylic acid groups (broad SMARTS) is 1. The Balaban J connectivity index is 0.000000480. The number of hydrogen-bond acceptors (Lipinski definition) is 7. The molecule has 0 spiro atoms. The van der Waals surface area contributed by atoms with Gasteiger partial charge >= 0.3 is 12.1 Å². The van der Waals surface area contributed by atoms with Crippen LogP contribution in [0, 0.1) is 0 Å². The summed E-state index contributed by atoms with van der Waals surface area (Å²) >= 11 is 0. The molecule has 0 atom stereocenters. The van der Waals surface area contributed by atoms with Crippen LogP contribution in [0.15, 0.2) is 30.0 Å². The molecule has 12 heteroatoms. The maximum absolute atomic E-state index is 12.1. The molecule has 5 N–H and O–H groups in total. The van der Waals surface area contributed by atoms with E-state index in [1.54, 1.807) is 0 Å². The minimum Gasteiger partial charge on any atom is -0.507 e. The molecule has 1 aliphatic carbocycles. The van der Waals surface area contributed by atoms with E-state index in [1.807, 2.05) is 0 Å². The summed E-state index contributed by atoms with van der Waals surface area (Å²) in [6.07, 6.45) is -4.11. The van der Waals surface area contributed by atoms with Crippen LogP contribution in [0.3, 0.4) is 0 Å². The zero-order valence-electron chi connectivity index (χ0n) is 14.1. The van der Waals surface area contributed by atoms with E-state index in [2.05, 4.69) is 5.32 Å². The van der Waals surface area contributed by atoms with Crippen molar-refractivity contribution >= 4 is 23.4 Å². The Kier molecular flexibility index (Phi) is 7.68. The smallest absolute Gasteiger partial charge is 0.490 e. The number of halogens is 3. The highest BCUT2D eigenvalue weighted by Gasteiger charge is 2.38. The lowest BCUT2D eigenvalue weighted by molar-refractivity contribution is -0.192. The van der Waals surface area contributed by atoms with Gasteiger partial charge in [0.2, 0.25) is 5.78 Å². The molecule has 0 aromatic heterocycles. The Morgan fingerprint density at radius 1 is 1.21 bits per heavy atom. The molecule has 0 aliphatic heterocycles. The molecule has 0 saturated carbocycles. The normalized spacial score (nSPS) is 12.9. The zero-order valence-corrected chi connectivity index (χ0v) is 14.1. The Morgan fingerprint density at radius 2 is 1.82 bits per heavy atom. The van der Waals surface area contributed by atoms with Crippen LogP contribution < -0.4 is 11.1 Å². The maximum Gasteiger partial charge on any atom is 0.490 e. The first-order valence-electron chi connectivity index (χ1n) is 7.51. The summed E-state index contributed by atoms with van der Waals surface area (Å²) < 4.78 is 36.8. The van der Waals surface area contributed by atoms with Crippen molar-refractivity contribution in [2.45, 2.75) is 6.18 Å². The standard InChI is InChI=1S/C14H14N2O5.C2HF3O2/c15-4-5-16-12(19)7-21-11-6-10(18)13-8(14(11)20)2-1-3-9(13)17;3-2(4,5)1(6)7/h1-3,6,17H,4-5,7,15H2,(H,16,19);(H,6,7). The van der Waals surface area contributed by atoms with E-state index in [0.717, 1.165) is 6.08 Å². The summed E-state index contributed by atoms with van der Waals surface area (Å²) in [5.41, 5.74) is 5.24. The highest BCUT2D eigenvalue weighted by molar-refractivity contribution is 6.24. The van der Waals surface area contributed by atoms with Crippen LogP contribution in [0.4, 0.5) is 13.2 Å². The molecule has 0 saturated heterocycles. The topological polar surface area (TPSA) is 156 Å². The third-order valence-corrected chi connectivity index (χ3v) is 3.09. The van der Waals surface area contributed by atoms with Gasteiger partial charge in [-0.3, -0.25) is 14.4 Å². The lowest BCUT2D eigenvalue weighted by atomic mass is 9.93. The third kappa shape index (κ3) is 6.09. The van der Waals surface area contributed by atoms with Gasteiger partial charge in [-0.15, -0.1) is 0 Å². The Labute approximate surface area is 155 Å². The molecule has 0 fully saturated rings. The van der Waals surface area contributed by atoms with Crippen LogP contribution in [-0.2, 0) is 14.3 Å². The number of aromatic hydroxyl groups is 1. The molecule has 28 heavy (non-hydrogen) atoms. The van der Waals surface area contributed by atoms with Gasteiger partial charge in [0.05, 0.1) is 5.56 Å².